The summed E-state index contributed by atoms with van der Waals surface area (Å²) in [5.74, 6) is 1.07. The van der Waals surface area contributed by atoms with E-state index in [1.807, 2.05) is 0 Å². The molecule has 0 aromatic heterocycles. The van der Waals surface area contributed by atoms with Gasteiger partial charge >= 0.3 is 0 Å². The molecule has 0 saturated carbocycles. The molecule has 0 unspecified atom stereocenters. The number of hydrogen-bond acceptors (Lipinski definition) is 1. The van der Waals surface area contributed by atoms with Gasteiger partial charge in [-0.05, 0) is 55.7 Å². The lowest BCUT2D eigenvalue weighted by atomic mass is 10.1. The van der Waals surface area contributed by atoms with Gasteiger partial charge in [0, 0.05) is 0 Å². The third-order valence-corrected chi connectivity index (χ3v) is 4.13. The van der Waals surface area contributed by atoms with Gasteiger partial charge in [-0.15, -0.1) is 0 Å². The van der Waals surface area contributed by atoms with Gasteiger partial charge in [0.1, 0.15) is 5.75 Å². The molecule has 0 saturated heterocycles. The zero-order valence-corrected chi connectivity index (χ0v) is 14.2. The van der Waals surface area contributed by atoms with Crippen LogP contribution in [-0.4, -0.2) is 6.61 Å². The summed E-state index contributed by atoms with van der Waals surface area (Å²) >= 11 is 0. The van der Waals surface area contributed by atoms with E-state index in [1.54, 1.807) is 0 Å². The first kappa shape index (κ1) is 17.6. The summed E-state index contributed by atoms with van der Waals surface area (Å²) in [7, 11) is 0. The van der Waals surface area contributed by atoms with Gasteiger partial charge in [-0.2, -0.15) is 0 Å². The highest BCUT2D eigenvalue weighted by Crippen LogP contribution is 2.21. The number of unbranched alkanes of at least 4 members (excludes halogenated alkanes) is 4. The van der Waals surface area contributed by atoms with Crippen molar-refractivity contribution in [1.29, 1.82) is 0 Å². The monoisotopic (exact) mass is 309 g/mol. The van der Waals surface area contributed by atoms with Crippen molar-refractivity contribution in [2.24, 2.45) is 0 Å². The van der Waals surface area contributed by atoms with Gasteiger partial charge in [0.15, 0.2) is 0 Å². The number of ether oxygens (including phenoxy) is 1. The molecular formula is C22H29O. The van der Waals surface area contributed by atoms with E-state index in [2.05, 4.69) is 61.5 Å². The molecule has 0 aliphatic carbocycles. The van der Waals surface area contributed by atoms with Crippen molar-refractivity contribution in [3.63, 3.8) is 0 Å². The van der Waals surface area contributed by atoms with Crippen molar-refractivity contribution in [2.75, 3.05) is 6.61 Å². The zero-order valence-electron chi connectivity index (χ0n) is 14.2. The van der Waals surface area contributed by atoms with Crippen LogP contribution in [0, 0.1) is 6.92 Å². The van der Waals surface area contributed by atoms with E-state index in [0.717, 1.165) is 31.6 Å². The molecule has 1 radical (unpaired) electrons. The normalized spacial score (nSPS) is 10.7. The lowest BCUT2D eigenvalue weighted by Crippen LogP contribution is -2.01. The minimum atomic E-state index is 0.821. The molecule has 23 heavy (non-hydrogen) atoms. The van der Waals surface area contributed by atoms with E-state index >= 15 is 0 Å². The maximum atomic E-state index is 6.00. The van der Waals surface area contributed by atoms with Gasteiger partial charge in [0.2, 0.25) is 0 Å². The van der Waals surface area contributed by atoms with Crippen LogP contribution in [0.2, 0.25) is 0 Å². The van der Waals surface area contributed by atoms with Crippen LogP contribution in [0.1, 0.15) is 49.7 Å². The van der Waals surface area contributed by atoms with Crippen molar-refractivity contribution in [1.82, 2.24) is 0 Å². The van der Waals surface area contributed by atoms with Crippen LogP contribution in [0.3, 0.4) is 0 Å². The average molecular weight is 309 g/mol. The van der Waals surface area contributed by atoms with Gasteiger partial charge in [-0.25, -0.2) is 0 Å². The fourth-order valence-corrected chi connectivity index (χ4v) is 2.78. The van der Waals surface area contributed by atoms with Crippen molar-refractivity contribution in [3.8, 4) is 5.75 Å². The summed E-state index contributed by atoms with van der Waals surface area (Å²) in [5, 5.41) is 0. The lowest BCUT2D eigenvalue weighted by Gasteiger charge is -2.11. The Labute approximate surface area is 141 Å². The summed E-state index contributed by atoms with van der Waals surface area (Å²) in [4.78, 5) is 0. The number of hydrogen-bond donors (Lipinski definition) is 0. The number of aryl methyl sites for hydroxylation is 2. The fraction of sp³-hybridized carbons (Fsp3) is 0.409. The molecule has 0 fully saturated rings. The van der Waals surface area contributed by atoms with Crippen molar-refractivity contribution in [3.05, 3.63) is 72.6 Å². The first-order valence-electron chi connectivity index (χ1n) is 8.94. The summed E-state index contributed by atoms with van der Waals surface area (Å²) in [6.45, 7) is 4.73. The standard InChI is InChI=1S/C22H29O/c1-2-3-6-16-21-17-10-11-18-22(21)23-19-12-5-9-15-20-13-7-4-8-14-20/h4,7-8,10-11,13-14,17-18H,1-3,5-6,9,12,15-16,19H2. The highest BCUT2D eigenvalue weighted by molar-refractivity contribution is 5.33. The smallest absolute Gasteiger partial charge is 0.122 e. The second kappa shape index (κ2) is 10.9. The Kier molecular flexibility index (Phi) is 8.32. The Morgan fingerprint density at radius 2 is 1.43 bits per heavy atom. The molecule has 0 spiro atoms. The first-order chi connectivity index (χ1) is 11.4. The molecule has 0 heterocycles. The predicted molar refractivity (Wildman–Crippen MR) is 98.8 cm³/mol. The molecule has 2 aromatic carbocycles. The Balaban J connectivity index is 1.64. The van der Waals surface area contributed by atoms with E-state index in [0.29, 0.717) is 0 Å². The van der Waals surface area contributed by atoms with E-state index < -0.39 is 0 Å². The van der Waals surface area contributed by atoms with Crippen molar-refractivity contribution >= 4 is 0 Å². The van der Waals surface area contributed by atoms with E-state index in [1.165, 1.54) is 43.2 Å². The summed E-state index contributed by atoms with van der Waals surface area (Å²) < 4.78 is 6.00. The number of benzene rings is 2. The van der Waals surface area contributed by atoms with Crippen molar-refractivity contribution in [2.45, 2.75) is 51.4 Å². The van der Waals surface area contributed by atoms with E-state index in [-0.39, 0.29) is 0 Å². The van der Waals surface area contributed by atoms with Crippen LogP contribution in [0.5, 0.6) is 5.75 Å². The molecule has 0 amide bonds. The molecule has 2 rings (SSSR count). The highest BCUT2D eigenvalue weighted by atomic mass is 16.5. The first-order valence-corrected chi connectivity index (χ1v) is 8.94. The van der Waals surface area contributed by atoms with Crippen molar-refractivity contribution < 1.29 is 4.74 Å². The van der Waals surface area contributed by atoms with Gasteiger partial charge in [-0.3, -0.25) is 0 Å². The molecular weight excluding hydrogens is 280 g/mol. The quantitative estimate of drug-likeness (QED) is 0.461. The van der Waals surface area contributed by atoms with E-state index in [9.17, 15) is 0 Å². The van der Waals surface area contributed by atoms with Gasteiger partial charge < -0.3 is 4.74 Å². The van der Waals surface area contributed by atoms with E-state index in [4.69, 9.17) is 4.74 Å². The van der Waals surface area contributed by atoms with Crippen LogP contribution in [0.25, 0.3) is 0 Å². The van der Waals surface area contributed by atoms with Crippen LogP contribution in [0.15, 0.2) is 54.6 Å². The highest BCUT2D eigenvalue weighted by Gasteiger charge is 2.02. The second-order valence-corrected chi connectivity index (χ2v) is 6.06. The molecule has 0 aliphatic heterocycles. The zero-order chi connectivity index (χ0) is 16.2. The van der Waals surface area contributed by atoms with Gasteiger partial charge in [-0.1, -0.05) is 68.3 Å². The number of para-hydroxylation sites is 1. The Morgan fingerprint density at radius 1 is 0.696 bits per heavy atom. The molecule has 2 aromatic rings. The number of rotatable bonds is 11. The third kappa shape index (κ3) is 6.90. The predicted octanol–water partition coefficient (Wildman–Crippen LogP) is 6.03. The average Bonchev–Trinajstić information content (AvgIpc) is 2.60. The third-order valence-electron chi connectivity index (χ3n) is 4.13. The van der Waals surface area contributed by atoms with Crippen LogP contribution < -0.4 is 4.74 Å². The minimum absolute atomic E-state index is 0.821. The summed E-state index contributed by atoms with van der Waals surface area (Å²) in [5.41, 5.74) is 2.77. The Bertz CT molecular complexity index is 533. The Morgan fingerprint density at radius 3 is 2.26 bits per heavy atom. The SMILES string of the molecule is [CH2]CCCCc1ccccc1OCCCCCc1ccccc1. The lowest BCUT2D eigenvalue weighted by molar-refractivity contribution is 0.302. The topological polar surface area (TPSA) is 9.23 Å². The minimum Gasteiger partial charge on any atom is -0.493 e. The molecule has 0 aliphatic rings. The largest absolute Gasteiger partial charge is 0.493 e. The maximum Gasteiger partial charge on any atom is 0.122 e. The van der Waals surface area contributed by atoms with Crippen LogP contribution in [-0.2, 0) is 12.8 Å². The van der Waals surface area contributed by atoms with Crippen LogP contribution >= 0.6 is 0 Å². The molecule has 1 heteroatoms. The molecule has 123 valence electrons. The second-order valence-electron chi connectivity index (χ2n) is 6.06. The molecule has 0 bridgehead atoms. The fourth-order valence-electron chi connectivity index (χ4n) is 2.78. The van der Waals surface area contributed by atoms with Gasteiger partial charge in [0.05, 0.1) is 6.61 Å². The molecule has 1 nitrogen and oxygen atoms in total. The van der Waals surface area contributed by atoms with Crippen LogP contribution in [0.4, 0.5) is 0 Å². The molecule has 0 N–H and O–H groups in total. The maximum absolute atomic E-state index is 6.00. The van der Waals surface area contributed by atoms with Gasteiger partial charge in [0.25, 0.3) is 0 Å². The Hall–Kier alpha value is -1.76. The summed E-state index contributed by atoms with van der Waals surface area (Å²) in [6, 6.07) is 19.2. The molecule has 0 atom stereocenters. The summed E-state index contributed by atoms with van der Waals surface area (Å²) in [6.07, 6.45) is 9.25.